The third kappa shape index (κ3) is 4.77. The van der Waals surface area contributed by atoms with Gasteiger partial charge in [-0.05, 0) is 84.9 Å². The fourth-order valence-electron chi connectivity index (χ4n) is 5.78. The van der Waals surface area contributed by atoms with Gasteiger partial charge in [-0.3, -0.25) is 14.6 Å². The smallest absolute Gasteiger partial charge is 0.251 e. The maximum absolute atomic E-state index is 12.5. The van der Waals surface area contributed by atoms with Crippen molar-refractivity contribution in [2.75, 3.05) is 11.1 Å². The first kappa shape index (κ1) is 25.9. The van der Waals surface area contributed by atoms with Crippen LogP contribution in [0, 0.1) is 0 Å². The predicted octanol–water partition coefficient (Wildman–Crippen LogP) is 5.57. The highest BCUT2D eigenvalue weighted by atomic mass is 16.2. The minimum Gasteiger partial charge on any atom is -0.382 e. The number of nitrogens with one attached hydrogen (secondary N) is 2. The van der Waals surface area contributed by atoms with Crippen molar-refractivity contribution in [2.45, 2.75) is 83.6 Å². The number of fused-ring (bicyclic) bond motifs is 2. The summed E-state index contributed by atoms with van der Waals surface area (Å²) >= 11 is 0. The van der Waals surface area contributed by atoms with Crippen LogP contribution in [0.3, 0.4) is 0 Å². The van der Waals surface area contributed by atoms with E-state index < -0.39 is 5.41 Å². The molecule has 0 spiro atoms. The van der Waals surface area contributed by atoms with Crippen molar-refractivity contribution in [1.29, 1.82) is 0 Å². The van der Waals surface area contributed by atoms with Crippen LogP contribution in [-0.2, 0) is 23.2 Å². The van der Waals surface area contributed by atoms with E-state index in [1.807, 2.05) is 13.8 Å². The lowest BCUT2D eigenvalue weighted by Crippen LogP contribution is -2.26. The summed E-state index contributed by atoms with van der Waals surface area (Å²) in [7, 11) is 0. The number of nitrogens with two attached hydrogens (primary N) is 1. The Kier molecular flexibility index (Phi) is 6.72. The van der Waals surface area contributed by atoms with Gasteiger partial charge >= 0.3 is 0 Å². The Hall–Kier alpha value is -3.74. The standard InChI is InChI=1S/C31H37N5O2/c1-17(6-7-18(2)27-15-33-16-28(32)35-27)23-13-24-22(14-34-29(24)37)11-21(23)10-19(3)20-8-9-25-26(12-20)36-30(38)31(25,4)5/h8-9,11-13,15-19H,6-7,10,14H2,1-5H3,(H2,32,35)(H,34,37)(H,36,38). The number of nitrogen functional groups attached to an aromatic ring is 1. The lowest BCUT2D eigenvalue weighted by atomic mass is 9.82. The van der Waals surface area contributed by atoms with Gasteiger partial charge in [-0.25, -0.2) is 4.98 Å². The van der Waals surface area contributed by atoms with E-state index in [2.05, 4.69) is 71.7 Å². The average molecular weight is 512 g/mol. The number of benzene rings is 2. The highest BCUT2D eigenvalue weighted by Crippen LogP contribution is 2.40. The molecule has 2 aromatic carbocycles. The molecule has 38 heavy (non-hydrogen) atoms. The van der Waals surface area contributed by atoms with Gasteiger partial charge < -0.3 is 16.4 Å². The molecule has 3 heterocycles. The minimum atomic E-state index is -0.507. The van der Waals surface area contributed by atoms with Crippen LogP contribution in [0.1, 0.15) is 109 Å². The highest BCUT2D eigenvalue weighted by molar-refractivity contribution is 6.05. The van der Waals surface area contributed by atoms with E-state index in [4.69, 9.17) is 5.73 Å². The Morgan fingerprint density at radius 1 is 1.00 bits per heavy atom. The Bertz CT molecular complexity index is 1410. The van der Waals surface area contributed by atoms with Crippen LogP contribution in [0.25, 0.3) is 0 Å². The van der Waals surface area contributed by atoms with E-state index in [1.165, 1.54) is 16.7 Å². The van der Waals surface area contributed by atoms with Crippen molar-refractivity contribution >= 4 is 23.3 Å². The quantitative estimate of drug-likeness (QED) is 0.366. The number of anilines is 2. The molecule has 2 aliphatic heterocycles. The van der Waals surface area contributed by atoms with Gasteiger partial charge in [0, 0.05) is 29.9 Å². The zero-order valence-corrected chi connectivity index (χ0v) is 22.9. The fourth-order valence-corrected chi connectivity index (χ4v) is 5.78. The van der Waals surface area contributed by atoms with Crippen molar-refractivity contribution in [2.24, 2.45) is 0 Å². The summed E-state index contributed by atoms with van der Waals surface area (Å²) in [5.74, 6) is 1.25. The van der Waals surface area contributed by atoms with Crippen LogP contribution < -0.4 is 16.4 Å². The summed E-state index contributed by atoms with van der Waals surface area (Å²) in [5, 5.41) is 6.03. The molecular formula is C31H37N5O2. The molecule has 3 aromatic rings. The normalized spacial score (nSPS) is 17.8. The molecule has 4 N–H and O–H groups in total. The van der Waals surface area contributed by atoms with Gasteiger partial charge in [-0.1, -0.05) is 39.0 Å². The maximum Gasteiger partial charge on any atom is 0.251 e. The molecule has 7 heteroatoms. The van der Waals surface area contributed by atoms with Crippen molar-refractivity contribution in [1.82, 2.24) is 15.3 Å². The lowest BCUT2D eigenvalue weighted by Gasteiger charge is -2.22. The number of nitrogens with zero attached hydrogens (tertiary/aromatic N) is 2. The molecule has 3 unspecified atom stereocenters. The van der Waals surface area contributed by atoms with Crippen molar-refractivity contribution in [3.05, 3.63) is 81.8 Å². The molecule has 2 aliphatic rings. The molecule has 198 valence electrons. The van der Waals surface area contributed by atoms with E-state index >= 15 is 0 Å². The van der Waals surface area contributed by atoms with E-state index in [1.54, 1.807) is 12.4 Å². The van der Waals surface area contributed by atoms with Crippen LogP contribution in [0.2, 0.25) is 0 Å². The summed E-state index contributed by atoms with van der Waals surface area (Å²) < 4.78 is 0. The van der Waals surface area contributed by atoms with E-state index in [9.17, 15) is 9.59 Å². The number of amides is 2. The highest BCUT2D eigenvalue weighted by Gasteiger charge is 2.38. The summed E-state index contributed by atoms with van der Waals surface area (Å²) in [6.45, 7) is 11.1. The molecule has 0 fully saturated rings. The van der Waals surface area contributed by atoms with Gasteiger partial charge in [-0.2, -0.15) is 0 Å². The molecule has 0 bridgehead atoms. The lowest BCUT2D eigenvalue weighted by molar-refractivity contribution is -0.119. The number of hydrogen-bond donors (Lipinski definition) is 3. The van der Waals surface area contributed by atoms with Crippen LogP contribution in [0.5, 0.6) is 0 Å². The topological polar surface area (TPSA) is 110 Å². The molecule has 5 rings (SSSR count). The molecule has 0 radical (unpaired) electrons. The van der Waals surface area contributed by atoms with Crippen LogP contribution in [0.15, 0.2) is 42.7 Å². The van der Waals surface area contributed by atoms with Crippen LogP contribution >= 0.6 is 0 Å². The molecule has 1 aromatic heterocycles. The third-order valence-electron chi connectivity index (χ3n) is 8.42. The van der Waals surface area contributed by atoms with Gasteiger partial charge in [0.2, 0.25) is 5.91 Å². The molecule has 2 amide bonds. The van der Waals surface area contributed by atoms with Gasteiger partial charge in [0.25, 0.3) is 5.91 Å². The van der Waals surface area contributed by atoms with Crippen molar-refractivity contribution < 1.29 is 9.59 Å². The van der Waals surface area contributed by atoms with Gasteiger partial charge in [0.1, 0.15) is 5.82 Å². The summed E-state index contributed by atoms with van der Waals surface area (Å²) in [6.07, 6.45) is 6.11. The number of aromatic nitrogens is 2. The van der Waals surface area contributed by atoms with E-state index in [0.717, 1.165) is 47.3 Å². The van der Waals surface area contributed by atoms with Crippen LogP contribution in [0.4, 0.5) is 11.5 Å². The Morgan fingerprint density at radius 2 is 1.76 bits per heavy atom. The van der Waals surface area contributed by atoms with Gasteiger partial charge in [0.15, 0.2) is 0 Å². The summed E-state index contributed by atoms with van der Waals surface area (Å²) in [5.41, 5.74) is 13.8. The van der Waals surface area contributed by atoms with E-state index in [0.29, 0.717) is 12.4 Å². The first-order valence-electron chi connectivity index (χ1n) is 13.5. The zero-order valence-electron chi connectivity index (χ0n) is 22.9. The Labute approximate surface area is 224 Å². The monoisotopic (exact) mass is 511 g/mol. The van der Waals surface area contributed by atoms with Crippen LogP contribution in [-0.4, -0.2) is 21.8 Å². The first-order chi connectivity index (χ1) is 18.0. The summed E-state index contributed by atoms with van der Waals surface area (Å²) in [4.78, 5) is 33.6. The predicted molar refractivity (Wildman–Crippen MR) is 150 cm³/mol. The Morgan fingerprint density at radius 3 is 2.53 bits per heavy atom. The number of hydrogen-bond acceptors (Lipinski definition) is 5. The molecule has 0 aliphatic carbocycles. The molecule has 0 saturated carbocycles. The van der Waals surface area contributed by atoms with E-state index in [-0.39, 0.29) is 29.6 Å². The molecular weight excluding hydrogens is 474 g/mol. The number of carbonyl (C=O) groups is 2. The van der Waals surface area contributed by atoms with Gasteiger partial charge in [0.05, 0.1) is 17.3 Å². The largest absolute Gasteiger partial charge is 0.382 e. The maximum atomic E-state index is 12.5. The van der Waals surface area contributed by atoms with Crippen molar-refractivity contribution in [3.63, 3.8) is 0 Å². The van der Waals surface area contributed by atoms with Crippen molar-refractivity contribution in [3.8, 4) is 0 Å². The second kappa shape index (κ2) is 9.86. The minimum absolute atomic E-state index is 0.00781. The number of rotatable bonds is 8. The molecule has 7 nitrogen and oxygen atoms in total. The molecule has 3 atom stereocenters. The summed E-state index contributed by atoms with van der Waals surface area (Å²) in [6, 6.07) is 10.7. The zero-order chi connectivity index (χ0) is 27.2. The average Bonchev–Trinajstić information content (AvgIpc) is 3.36. The van der Waals surface area contributed by atoms with Gasteiger partial charge in [-0.15, -0.1) is 0 Å². The fraction of sp³-hybridized carbons (Fsp3) is 0.419. The number of carbonyl (C=O) groups excluding carboxylic acids is 2. The first-order valence-corrected chi connectivity index (χ1v) is 13.5. The second-order valence-electron chi connectivity index (χ2n) is 11.6. The molecule has 0 saturated heterocycles. The third-order valence-corrected chi connectivity index (χ3v) is 8.42. The Balaban J connectivity index is 1.38. The second-order valence-corrected chi connectivity index (χ2v) is 11.6. The SMILES string of the molecule is CC(Cc1cc2c(cc1C(C)CCC(C)c1cncc(N)n1)C(=O)NC2)c1ccc2c(c1)NC(=O)C2(C)C.